The highest BCUT2D eigenvalue weighted by atomic mass is 16.7. The Morgan fingerprint density at radius 1 is 0.569 bits per heavy atom. The molecule has 72 heavy (non-hydrogen) atoms. The molecule has 0 bridgehead atoms. The summed E-state index contributed by atoms with van der Waals surface area (Å²) in [6.45, 7) is 5.58. The van der Waals surface area contributed by atoms with Crippen LogP contribution in [0.4, 0.5) is 0 Å². The lowest BCUT2D eigenvalue weighted by atomic mass is 9.99. The molecule has 1 saturated heterocycles. The molecule has 1 aliphatic heterocycles. The number of ether oxygens (including phenoxy) is 3. The van der Waals surface area contributed by atoms with Gasteiger partial charge < -0.3 is 45.1 Å². The molecule has 1 heterocycles. The van der Waals surface area contributed by atoms with Crippen LogP contribution in [0.25, 0.3) is 0 Å². The number of hydrogen-bond acceptors (Lipinski definition) is 10. The summed E-state index contributed by atoms with van der Waals surface area (Å²) in [5.74, 6) is -1.25. The summed E-state index contributed by atoms with van der Waals surface area (Å²) in [7, 11) is 0. The molecule has 0 aliphatic carbocycles. The zero-order valence-corrected chi connectivity index (χ0v) is 45.5. The average Bonchev–Trinajstić information content (AvgIpc) is 3.38. The molecule has 414 valence electrons. The molecule has 1 amide bonds. The first-order valence-corrected chi connectivity index (χ1v) is 28.9. The first-order valence-electron chi connectivity index (χ1n) is 28.9. The molecule has 0 spiro atoms. The zero-order valence-electron chi connectivity index (χ0n) is 45.5. The van der Waals surface area contributed by atoms with Gasteiger partial charge in [-0.1, -0.05) is 228 Å². The molecule has 0 aromatic carbocycles. The second-order valence-electron chi connectivity index (χ2n) is 19.7. The molecule has 0 aromatic rings. The first kappa shape index (κ1) is 66.9. The van der Waals surface area contributed by atoms with Crippen LogP contribution < -0.4 is 5.32 Å². The van der Waals surface area contributed by atoms with Crippen molar-refractivity contribution in [2.45, 2.75) is 275 Å². The third kappa shape index (κ3) is 36.7. The van der Waals surface area contributed by atoms with Crippen molar-refractivity contribution in [2.75, 3.05) is 13.2 Å². The van der Waals surface area contributed by atoms with E-state index in [4.69, 9.17) is 14.2 Å². The smallest absolute Gasteiger partial charge is 0.306 e. The SMILES string of the molecule is CC/C=C/C=C/C=C\C=C/CCCCCC(=O)OC1C(OCC(NC(=O)C(O)CCCCCCCCCC/C=C\C/C=C\CCCCC)C(O)/C=C/CCCCCCCCCCCC)OC(CO)C(O)C1O. The topological polar surface area (TPSA) is 175 Å². The van der Waals surface area contributed by atoms with Crippen molar-refractivity contribution in [3.63, 3.8) is 0 Å². The number of allylic oxidation sites excluding steroid dienone is 13. The maximum atomic E-state index is 13.4. The lowest BCUT2D eigenvalue weighted by Crippen LogP contribution is -2.61. The number of rotatable bonds is 47. The van der Waals surface area contributed by atoms with E-state index in [-0.39, 0.29) is 19.4 Å². The standard InChI is InChI=1S/C61H105NO10/c1-4-7-10-13-16-19-22-25-26-27-28-29-31-33-36-39-42-45-48-54(65)60(69)62-52(53(64)47-44-41-38-35-32-24-21-18-15-12-9-6-3)51-70-61-59(58(68)57(67)55(50-63)71-61)72-56(66)49-46-43-40-37-34-30-23-20-17-14-11-8-5-2/h8,11,14,16-17,19-20,23,25-26,30,34,44,47,52-55,57-59,61,63-65,67-68H,4-7,9-10,12-13,15,18,21-22,24,27-29,31-33,35-43,45-46,48-51H2,1-3H3,(H,62,69)/b11-8+,17-14+,19-16-,23-20-,26-25-,34-30-,47-44+. The molecule has 11 nitrogen and oxygen atoms in total. The molecule has 8 unspecified atom stereocenters. The van der Waals surface area contributed by atoms with Gasteiger partial charge in [-0.15, -0.1) is 0 Å². The third-order valence-corrected chi connectivity index (χ3v) is 13.1. The van der Waals surface area contributed by atoms with E-state index in [9.17, 15) is 35.1 Å². The number of aliphatic hydroxyl groups excluding tert-OH is 5. The van der Waals surface area contributed by atoms with Gasteiger partial charge in [-0.3, -0.25) is 9.59 Å². The molecule has 6 N–H and O–H groups in total. The summed E-state index contributed by atoms with van der Waals surface area (Å²) in [6, 6.07) is -1.04. The predicted octanol–water partition coefficient (Wildman–Crippen LogP) is 13.0. The van der Waals surface area contributed by atoms with E-state index in [0.29, 0.717) is 12.8 Å². The molecule has 1 aliphatic rings. The molecule has 0 saturated carbocycles. The summed E-state index contributed by atoms with van der Waals surface area (Å²) in [4.78, 5) is 26.4. The van der Waals surface area contributed by atoms with E-state index in [1.54, 1.807) is 6.08 Å². The maximum Gasteiger partial charge on any atom is 0.306 e. The summed E-state index contributed by atoms with van der Waals surface area (Å²) >= 11 is 0. The van der Waals surface area contributed by atoms with Gasteiger partial charge in [0.2, 0.25) is 5.91 Å². The third-order valence-electron chi connectivity index (χ3n) is 13.1. The Labute approximate surface area is 438 Å². The largest absolute Gasteiger partial charge is 0.454 e. The van der Waals surface area contributed by atoms with Gasteiger partial charge in [0.1, 0.15) is 24.4 Å². The Bertz CT molecular complexity index is 1490. The molecule has 1 rings (SSSR count). The van der Waals surface area contributed by atoms with Crippen LogP contribution in [0.2, 0.25) is 0 Å². The lowest BCUT2D eigenvalue weighted by Gasteiger charge is -2.41. The lowest BCUT2D eigenvalue weighted by molar-refractivity contribution is -0.305. The van der Waals surface area contributed by atoms with Crippen LogP contribution in [0.1, 0.15) is 226 Å². The van der Waals surface area contributed by atoms with Crippen LogP contribution in [0.5, 0.6) is 0 Å². The van der Waals surface area contributed by atoms with Gasteiger partial charge in [-0.25, -0.2) is 0 Å². The first-order chi connectivity index (χ1) is 35.2. The minimum absolute atomic E-state index is 0.0736. The van der Waals surface area contributed by atoms with Crippen LogP contribution in [0.15, 0.2) is 85.1 Å². The molecule has 8 atom stereocenters. The fourth-order valence-corrected chi connectivity index (χ4v) is 8.51. The predicted molar refractivity (Wildman–Crippen MR) is 296 cm³/mol. The second kappa shape index (κ2) is 48.8. The van der Waals surface area contributed by atoms with Crippen molar-refractivity contribution in [1.82, 2.24) is 5.32 Å². The number of carbonyl (C=O) groups is 2. The summed E-state index contributed by atoms with van der Waals surface area (Å²) in [5, 5.41) is 56.8. The molecular formula is C61H105NO10. The number of aliphatic hydroxyl groups is 5. The Kier molecular flexibility index (Phi) is 45.3. The highest BCUT2D eigenvalue weighted by molar-refractivity contribution is 5.80. The van der Waals surface area contributed by atoms with E-state index < -0.39 is 67.4 Å². The minimum atomic E-state index is -1.63. The van der Waals surface area contributed by atoms with E-state index in [1.807, 2.05) is 42.5 Å². The van der Waals surface area contributed by atoms with E-state index in [0.717, 1.165) is 77.0 Å². The molecule has 0 radical (unpaired) electrons. The quantitative estimate of drug-likeness (QED) is 0.0149. The molecule has 1 fully saturated rings. The van der Waals surface area contributed by atoms with Gasteiger partial charge in [-0.2, -0.15) is 0 Å². The number of hydrogen-bond donors (Lipinski definition) is 6. The Morgan fingerprint density at radius 3 is 1.64 bits per heavy atom. The maximum absolute atomic E-state index is 13.4. The average molecular weight is 1010 g/mol. The zero-order chi connectivity index (χ0) is 52.5. The fourth-order valence-electron chi connectivity index (χ4n) is 8.51. The fraction of sp³-hybridized carbons (Fsp3) is 0.738. The normalized spacial score (nSPS) is 20.1. The monoisotopic (exact) mass is 1010 g/mol. The van der Waals surface area contributed by atoms with Gasteiger partial charge in [0.25, 0.3) is 0 Å². The number of amides is 1. The molecule has 11 heteroatoms. The van der Waals surface area contributed by atoms with Gasteiger partial charge in [0, 0.05) is 6.42 Å². The van der Waals surface area contributed by atoms with Crippen LogP contribution >= 0.6 is 0 Å². The number of esters is 1. The second-order valence-corrected chi connectivity index (χ2v) is 19.7. The van der Waals surface area contributed by atoms with Gasteiger partial charge in [0.05, 0.1) is 25.4 Å². The summed E-state index contributed by atoms with van der Waals surface area (Å²) in [6.07, 6.45) is 52.0. The van der Waals surface area contributed by atoms with Crippen LogP contribution in [-0.2, 0) is 23.8 Å². The van der Waals surface area contributed by atoms with Crippen LogP contribution in [-0.4, -0.2) is 99.6 Å². The van der Waals surface area contributed by atoms with E-state index >= 15 is 0 Å². The number of carbonyl (C=O) groups excluding carboxylic acids is 2. The van der Waals surface area contributed by atoms with Gasteiger partial charge in [-0.05, 0) is 77.0 Å². The van der Waals surface area contributed by atoms with E-state index in [1.165, 1.54) is 103 Å². The van der Waals surface area contributed by atoms with Crippen molar-refractivity contribution in [3.8, 4) is 0 Å². The number of unbranched alkanes of at least 4 members (excludes halogenated alkanes) is 24. The summed E-state index contributed by atoms with van der Waals surface area (Å²) in [5.41, 5.74) is 0. The Hall–Kier alpha value is -3.16. The minimum Gasteiger partial charge on any atom is -0.454 e. The van der Waals surface area contributed by atoms with Crippen LogP contribution in [0.3, 0.4) is 0 Å². The van der Waals surface area contributed by atoms with Crippen LogP contribution in [0, 0.1) is 0 Å². The summed E-state index contributed by atoms with van der Waals surface area (Å²) < 4.78 is 17.5. The van der Waals surface area contributed by atoms with Crippen molar-refractivity contribution in [1.29, 1.82) is 0 Å². The number of nitrogens with one attached hydrogen (secondary N) is 1. The van der Waals surface area contributed by atoms with Crippen molar-refractivity contribution >= 4 is 11.9 Å². The highest BCUT2D eigenvalue weighted by Crippen LogP contribution is 2.26. The van der Waals surface area contributed by atoms with Crippen molar-refractivity contribution in [2.24, 2.45) is 0 Å². The van der Waals surface area contributed by atoms with Gasteiger partial charge in [0.15, 0.2) is 12.4 Å². The molecule has 0 aromatic heterocycles. The molecular weight excluding hydrogens is 907 g/mol. The Morgan fingerprint density at radius 2 is 1.06 bits per heavy atom. The van der Waals surface area contributed by atoms with Crippen molar-refractivity contribution in [3.05, 3.63) is 85.1 Å². The van der Waals surface area contributed by atoms with E-state index in [2.05, 4.69) is 62.5 Å². The van der Waals surface area contributed by atoms with Gasteiger partial charge >= 0.3 is 5.97 Å². The Balaban J connectivity index is 2.74. The van der Waals surface area contributed by atoms with Crippen molar-refractivity contribution < 1.29 is 49.3 Å². The highest BCUT2D eigenvalue weighted by Gasteiger charge is 2.47.